The number of hydrogen-bond donors (Lipinski definition) is 1. The van der Waals surface area contributed by atoms with E-state index in [0.717, 1.165) is 18.4 Å². The van der Waals surface area contributed by atoms with Gasteiger partial charge in [0.05, 0.1) is 6.04 Å². The molecular weight excluding hydrogens is 364 g/mol. The molecule has 2 aromatic rings. The fourth-order valence-corrected chi connectivity index (χ4v) is 3.21. The molecule has 1 aliphatic heterocycles. The van der Waals surface area contributed by atoms with E-state index in [2.05, 4.69) is 5.32 Å². The van der Waals surface area contributed by atoms with E-state index in [-0.39, 0.29) is 17.9 Å². The number of amides is 2. The van der Waals surface area contributed by atoms with Gasteiger partial charge in [-0.05, 0) is 55.7 Å². The molecule has 1 fully saturated rings. The largest absolute Gasteiger partial charge is 0.368 e. The van der Waals surface area contributed by atoms with Gasteiger partial charge in [0.15, 0.2) is 0 Å². The minimum atomic E-state index is -0.406. The van der Waals surface area contributed by atoms with E-state index in [0.29, 0.717) is 22.9 Å². The lowest BCUT2D eigenvalue weighted by molar-refractivity contribution is -0.124. The smallest absolute Gasteiger partial charge is 0.254 e. The molecule has 0 bridgehead atoms. The highest BCUT2D eigenvalue weighted by atomic mass is 35.5. The normalized spacial score (nSPS) is 17.4. The summed E-state index contributed by atoms with van der Waals surface area (Å²) in [4.78, 5) is 26.8. The molecule has 1 heterocycles. The molecule has 1 saturated heterocycles. The van der Waals surface area contributed by atoms with Crippen LogP contribution in [0.5, 0.6) is 0 Å². The second kappa shape index (κ2) is 8.55. The zero-order chi connectivity index (χ0) is 19.4. The van der Waals surface area contributed by atoms with Crippen LogP contribution in [0.4, 0.5) is 5.69 Å². The molecule has 0 aliphatic carbocycles. The summed E-state index contributed by atoms with van der Waals surface area (Å²) in [6.45, 7) is 2.58. The molecule has 2 aromatic carbocycles. The third-order valence-corrected chi connectivity index (χ3v) is 5.10. The zero-order valence-corrected chi connectivity index (χ0v) is 16.2. The van der Waals surface area contributed by atoms with Crippen molar-refractivity contribution in [3.63, 3.8) is 0 Å². The average Bonchev–Trinajstić information content (AvgIpc) is 3.22. The summed E-state index contributed by atoms with van der Waals surface area (Å²) < 4.78 is 5.40. The molecule has 2 unspecified atom stereocenters. The Balaban J connectivity index is 1.70. The van der Waals surface area contributed by atoms with Gasteiger partial charge >= 0.3 is 0 Å². The Kier molecular flexibility index (Phi) is 6.14. The highest BCUT2D eigenvalue weighted by Crippen LogP contribution is 2.23. The van der Waals surface area contributed by atoms with Crippen molar-refractivity contribution in [1.29, 1.82) is 0 Å². The molecule has 2 atom stereocenters. The highest BCUT2D eigenvalue weighted by Gasteiger charge is 2.24. The Bertz CT molecular complexity index is 816. The summed E-state index contributed by atoms with van der Waals surface area (Å²) in [5.41, 5.74) is 2.11. The van der Waals surface area contributed by atoms with Crippen LogP contribution in [0, 0.1) is 0 Å². The van der Waals surface area contributed by atoms with Gasteiger partial charge in [0.25, 0.3) is 11.8 Å². The minimum Gasteiger partial charge on any atom is -0.368 e. The predicted octanol–water partition coefficient (Wildman–Crippen LogP) is 4.29. The van der Waals surface area contributed by atoms with E-state index < -0.39 is 6.10 Å². The summed E-state index contributed by atoms with van der Waals surface area (Å²) in [6.07, 6.45) is 1.22. The molecule has 0 spiro atoms. The molecule has 2 amide bonds. The number of nitrogens with one attached hydrogen (secondary N) is 1. The van der Waals surface area contributed by atoms with Crippen LogP contribution in [0.1, 0.15) is 41.7 Å². The van der Waals surface area contributed by atoms with Crippen LogP contribution in [0.15, 0.2) is 48.5 Å². The molecule has 1 N–H and O–H groups in total. The van der Waals surface area contributed by atoms with Crippen molar-refractivity contribution in [1.82, 2.24) is 4.90 Å². The van der Waals surface area contributed by atoms with Crippen LogP contribution >= 0.6 is 11.6 Å². The Hall–Kier alpha value is -2.37. The number of hydrogen-bond acceptors (Lipinski definition) is 3. The van der Waals surface area contributed by atoms with E-state index in [1.54, 1.807) is 36.2 Å². The van der Waals surface area contributed by atoms with Crippen molar-refractivity contribution in [3.8, 4) is 0 Å². The Labute approximate surface area is 164 Å². The average molecular weight is 387 g/mol. The number of nitrogens with zero attached hydrogens (tertiary/aromatic N) is 1. The van der Waals surface area contributed by atoms with Crippen LogP contribution in [-0.2, 0) is 9.53 Å². The topological polar surface area (TPSA) is 58.6 Å². The van der Waals surface area contributed by atoms with E-state index in [9.17, 15) is 9.59 Å². The minimum absolute atomic E-state index is 0.111. The molecular formula is C21H23ClN2O3. The Morgan fingerprint density at radius 1 is 1.22 bits per heavy atom. The van der Waals surface area contributed by atoms with E-state index in [4.69, 9.17) is 16.3 Å². The third kappa shape index (κ3) is 4.67. The maximum atomic E-state index is 12.9. The van der Waals surface area contributed by atoms with Gasteiger partial charge in [-0.25, -0.2) is 0 Å². The lowest BCUT2D eigenvalue weighted by Gasteiger charge is -2.25. The van der Waals surface area contributed by atoms with Gasteiger partial charge in [0.1, 0.15) is 6.10 Å². The third-order valence-electron chi connectivity index (χ3n) is 4.85. The van der Waals surface area contributed by atoms with Gasteiger partial charge in [-0.1, -0.05) is 29.8 Å². The first kappa shape index (κ1) is 19.4. The van der Waals surface area contributed by atoms with Crippen molar-refractivity contribution in [2.45, 2.75) is 31.9 Å². The number of benzene rings is 2. The molecule has 6 heteroatoms. The number of carbonyl (C=O) groups is 2. The fourth-order valence-electron chi connectivity index (χ4n) is 3.08. The van der Waals surface area contributed by atoms with Crippen molar-refractivity contribution >= 4 is 29.1 Å². The van der Waals surface area contributed by atoms with E-state index >= 15 is 0 Å². The van der Waals surface area contributed by atoms with Gasteiger partial charge in [-0.15, -0.1) is 0 Å². The van der Waals surface area contributed by atoms with Crippen molar-refractivity contribution in [3.05, 3.63) is 64.7 Å². The highest BCUT2D eigenvalue weighted by molar-refractivity contribution is 6.30. The van der Waals surface area contributed by atoms with Crippen LogP contribution in [0.3, 0.4) is 0 Å². The standard InChI is InChI=1S/C21H23ClN2O3/c1-14(15-8-10-17(22)11-9-15)24(2)21(26)16-5-3-6-18(13-16)23-20(25)19-7-4-12-27-19/h3,5-6,8-11,13-14,19H,4,7,12H2,1-2H3,(H,23,25). The first-order chi connectivity index (χ1) is 13.0. The first-order valence-corrected chi connectivity index (χ1v) is 9.38. The second-order valence-electron chi connectivity index (χ2n) is 6.72. The van der Waals surface area contributed by atoms with Crippen molar-refractivity contribution in [2.24, 2.45) is 0 Å². The maximum absolute atomic E-state index is 12.9. The molecule has 142 valence electrons. The van der Waals surface area contributed by atoms with E-state index in [1.165, 1.54) is 0 Å². The molecule has 0 radical (unpaired) electrons. The lowest BCUT2D eigenvalue weighted by atomic mass is 10.1. The van der Waals surface area contributed by atoms with Crippen molar-refractivity contribution in [2.75, 3.05) is 19.0 Å². The SMILES string of the molecule is CC(c1ccc(Cl)cc1)N(C)C(=O)c1cccc(NC(=O)C2CCCO2)c1. The van der Waals surface area contributed by atoms with Gasteiger partial charge < -0.3 is 15.0 Å². The fraction of sp³-hybridized carbons (Fsp3) is 0.333. The van der Waals surface area contributed by atoms with Gasteiger partial charge in [-0.2, -0.15) is 0 Å². The van der Waals surface area contributed by atoms with Gasteiger partial charge in [0, 0.05) is 29.9 Å². The van der Waals surface area contributed by atoms with Crippen LogP contribution in [0.25, 0.3) is 0 Å². The maximum Gasteiger partial charge on any atom is 0.254 e. The molecule has 3 rings (SSSR count). The molecule has 0 saturated carbocycles. The Morgan fingerprint density at radius 2 is 1.96 bits per heavy atom. The molecule has 0 aromatic heterocycles. The van der Waals surface area contributed by atoms with Crippen molar-refractivity contribution < 1.29 is 14.3 Å². The van der Waals surface area contributed by atoms with Crippen LogP contribution < -0.4 is 5.32 Å². The number of carbonyl (C=O) groups excluding carboxylic acids is 2. The number of ether oxygens (including phenoxy) is 1. The summed E-state index contributed by atoms with van der Waals surface area (Å²) in [7, 11) is 1.76. The number of rotatable bonds is 5. The second-order valence-corrected chi connectivity index (χ2v) is 7.15. The lowest BCUT2D eigenvalue weighted by Crippen LogP contribution is -2.30. The summed E-state index contributed by atoms with van der Waals surface area (Å²) in [6, 6.07) is 14.3. The number of anilines is 1. The molecule has 27 heavy (non-hydrogen) atoms. The van der Waals surface area contributed by atoms with Gasteiger partial charge in [0.2, 0.25) is 0 Å². The number of halogens is 1. The van der Waals surface area contributed by atoms with E-state index in [1.807, 2.05) is 31.2 Å². The summed E-state index contributed by atoms with van der Waals surface area (Å²) in [5.74, 6) is -0.286. The monoisotopic (exact) mass is 386 g/mol. The predicted molar refractivity (Wildman–Crippen MR) is 106 cm³/mol. The zero-order valence-electron chi connectivity index (χ0n) is 15.4. The summed E-state index contributed by atoms with van der Waals surface area (Å²) >= 11 is 5.94. The quantitative estimate of drug-likeness (QED) is 0.833. The summed E-state index contributed by atoms with van der Waals surface area (Å²) in [5, 5.41) is 3.50. The first-order valence-electron chi connectivity index (χ1n) is 9.01. The molecule has 1 aliphatic rings. The molecule has 5 nitrogen and oxygen atoms in total. The van der Waals surface area contributed by atoms with Crippen LogP contribution in [0.2, 0.25) is 5.02 Å². The van der Waals surface area contributed by atoms with Crippen LogP contribution in [-0.4, -0.2) is 36.5 Å². The Morgan fingerprint density at radius 3 is 2.63 bits per heavy atom. The van der Waals surface area contributed by atoms with Gasteiger partial charge in [-0.3, -0.25) is 9.59 Å².